The highest BCUT2D eigenvalue weighted by molar-refractivity contribution is 7.61. The van der Waals surface area contributed by atoms with Crippen LogP contribution in [0.1, 0.15) is 21.5 Å². The third kappa shape index (κ3) is 5.72. The second kappa shape index (κ2) is 8.91. The summed E-state index contributed by atoms with van der Waals surface area (Å²) in [7, 11) is -6.00. The standard InChI is InChI=1S/C20H16OS.BF4/c21-19(16-10-4-1-5-11-16)20(22,17-12-6-2-7-13-17)18-14-8-3-9-15-18;2-1(3,4)5/h1-15,22H;/q;-1/p+1. The lowest BCUT2D eigenvalue weighted by molar-refractivity contribution is 0.0959. The molecule has 7 heteroatoms. The number of rotatable bonds is 4. The predicted octanol–water partition coefficient (Wildman–Crippen LogP) is 5.12. The van der Waals surface area contributed by atoms with Crippen molar-refractivity contribution in [1.82, 2.24) is 0 Å². The highest BCUT2D eigenvalue weighted by Gasteiger charge is 2.44. The molecule has 140 valence electrons. The third-order valence-corrected chi connectivity index (χ3v) is 4.59. The Balaban J connectivity index is 0.000000465. The predicted molar refractivity (Wildman–Crippen MR) is 105 cm³/mol. The van der Waals surface area contributed by atoms with Gasteiger partial charge in [-0.25, -0.2) is 0 Å². The fourth-order valence-corrected chi connectivity index (χ4v) is 3.09. The molecule has 0 N–H and O–H groups in total. The minimum Gasteiger partial charge on any atom is -0.418 e. The van der Waals surface area contributed by atoms with E-state index in [1.807, 2.05) is 91.0 Å². The van der Waals surface area contributed by atoms with Gasteiger partial charge < -0.3 is 17.3 Å². The zero-order valence-corrected chi connectivity index (χ0v) is 15.2. The van der Waals surface area contributed by atoms with E-state index in [1.165, 1.54) is 0 Å². The second-order valence-corrected chi connectivity index (χ2v) is 6.42. The molecule has 0 saturated carbocycles. The van der Waals surface area contributed by atoms with E-state index >= 15 is 0 Å². The number of benzene rings is 3. The van der Waals surface area contributed by atoms with E-state index in [9.17, 15) is 22.1 Å². The van der Waals surface area contributed by atoms with E-state index in [0.717, 1.165) is 11.1 Å². The Labute approximate surface area is 160 Å². The minimum absolute atomic E-state index is 0.0298. The maximum atomic E-state index is 13.2. The van der Waals surface area contributed by atoms with Gasteiger partial charge in [0.25, 0.3) is 0 Å². The Morgan fingerprint density at radius 2 is 0.963 bits per heavy atom. The molecule has 0 saturated heterocycles. The molecule has 3 aromatic carbocycles. The summed E-state index contributed by atoms with van der Waals surface area (Å²) in [6.07, 6.45) is 0. The third-order valence-electron chi connectivity index (χ3n) is 3.79. The molecule has 3 rings (SSSR count). The van der Waals surface area contributed by atoms with Crippen molar-refractivity contribution in [3.8, 4) is 0 Å². The number of carbonyl (C=O) groups excluding carboxylic acids is 1. The van der Waals surface area contributed by atoms with Crippen molar-refractivity contribution in [2.24, 2.45) is 0 Å². The van der Waals surface area contributed by atoms with Crippen LogP contribution in [-0.4, -0.2) is 13.0 Å². The summed E-state index contributed by atoms with van der Waals surface area (Å²) in [4.78, 5) is 13.2. The summed E-state index contributed by atoms with van der Waals surface area (Å²) in [6.45, 7) is 0. The molecular weight excluding hydrogens is 375 g/mol. The average Bonchev–Trinajstić information content (AvgIpc) is 2.67. The van der Waals surface area contributed by atoms with Crippen LogP contribution in [-0.2, 0) is 17.4 Å². The fraction of sp³-hybridized carbons (Fsp3) is 0.0500. The highest BCUT2D eigenvalue weighted by Crippen LogP contribution is 2.34. The molecule has 0 unspecified atom stereocenters. The van der Waals surface area contributed by atoms with Crippen molar-refractivity contribution >= 4 is 25.7 Å². The van der Waals surface area contributed by atoms with Crippen LogP contribution in [0.4, 0.5) is 17.3 Å². The average molecular weight is 392 g/mol. The minimum atomic E-state index is -6.00. The first-order chi connectivity index (χ1) is 12.7. The van der Waals surface area contributed by atoms with Gasteiger partial charge in [0.15, 0.2) is 0 Å². The zero-order chi connectivity index (χ0) is 19.9. The van der Waals surface area contributed by atoms with E-state index in [0.29, 0.717) is 5.56 Å². The molecule has 0 aliphatic heterocycles. The molecule has 0 aliphatic rings. The van der Waals surface area contributed by atoms with Gasteiger partial charge in [-0.05, 0) is 12.6 Å². The lowest BCUT2D eigenvalue weighted by Gasteiger charge is -2.22. The van der Waals surface area contributed by atoms with Crippen LogP contribution in [0.2, 0.25) is 0 Å². The van der Waals surface area contributed by atoms with Crippen LogP contribution in [0, 0.1) is 0 Å². The Hall–Kier alpha value is -2.54. The van der Waals surface area contributed by atoms with Crippen molar-refractivity contribution in [2.75, 3.05) is 0 Å². The number of ketones is 1. The molecule has 0 fully saturated rings. The van der Waals surface area contributed by atoms with Crippen molar-refractivity contribution in [3.05, 3.63) is 108 Å². The SMILES string of the molecule is F[B-](F)(F)F.O=C(c1ccccc1)C([SH2+])(c1ccccc1)c1ccccc1. The molecule has 27 heavy (non-hydrogen) atoms. The van der Waals surface area contributed by atoms with Crippen molar-refractivity contribution in [2.45, 2.75) is 4.75 Å². The van der Waals surface area contributed by atoms with Gasteiger partial charge in [-0.15, -0.1) is 0 Å². The van der Waals surface area contributed by atoms with Crippen LogP contribution in [0.15, 0.2) is 91.0 Å². The summed E-state index contributed by atoms with van der Waals surface area (Å²) < 4.78 is 38.1. The monoisotopic (exact) mass is 392 g/mol. The first-order valence-electron chi connectivity index (χ1n) is 8.06. The highest BCUT2D eigenvalue weighted by atomic mass is 32.1. The second-order valence-electron chi connectivity index (χ2n) is 5.67. The molecule has 3 aromatic rings. The van der Waals surface area contributed by atoms with Gasteiger partial charge in [0.05, 0.1) is 0 Å². The Bertz CT molecular complexity index is 810. The van der Waals surface area contributed by atoms with Crippen LogP contribution in [0.5, 0.6) is 0 Å². The lowest BCUT2D eigenvalue weighted by Crippen LogP contribution is -2.35. The van der Waals surface area contributed by atoms with E-state index in [-0.39, 0.29) is 5.78 Å². The van der Waals surface area contributed by atoms with Crippen molar-refractivity contribution < 1.29 is 22.1 Å². The first-order valence-corrected chi connectivity index (χ1v) is 8.56. The molecule has 0 aliphatic carbocycles. The van der Waals surface area contributed by atoms with E-state index in [2.05, 4.69) is 12.6 Å². The summed E-state index contributed by atoms with van der Waals surface area (Å²) in [5.41, 5.74) is 2.53. The maximum Gasteiger partial charge on any atom is 0.673 e. The van der Waals surface area contributed by atoms with Gasteiger partial charge in [0.1, 0.15) is 0 Å². The Morgan fingerprint density at radius 1 is 0.667 bits per heavy atom. The van der Waals surface area contributed by atoms with Crippen LogP contribution < -0.4 is 0 Å². The van der Waals surface area contributed by atoms with Crippen molar-refractivity contribution in [1.29, 1.82) is 0 Å². The van der Waals surface area contributed by atoms with Gasteiger partial charge >= 0.3 is 7.25 Å². The van der Waals surface area contributed by atoms with Gasteiger partial charge in [0, 0.05) is 16.7 Å². The zero-order valence-electron chi connectivity index (χ0n) is 14.2. The van der Waals surface area contributed by atoms with E-state index < -0.39 is 12.0 Å². The molecule has 0 spiro atoms. The lowest BCUT2D eigenvalue weighted by atomic mass is 9.84. The smallest absolute Gasteiger partial charge is 0.418 e. The molecule has 0 aromatic heterocycles. The largest absolute Gasteiger partial charge is 0.673 e. The van der Waals surface area contributed by atoms with Gasteiger partial charge in [-0.1, -0.05) is 91.0 Å². The summed E-state index contributed by atoms with van der Waals surface area (Å²) in [6, 6.07) is 29.0. The Morgan fingerprint density at radius 3 is 1.30 bits per heavy atom. The molecule has 0 heterocycles. The van der Waals surface area contributed by atoms with Gasteiger partial charge in [-0.3, -0.25) is 4.79 Å². The number of hydrogen-bond donors (Lipinski definition) is 0. The number of carbonyl (C=O) groups is 1. The maximum absolute atomic E-state index is 13.2. The summed E-state index contributed by atoms with van der Waals surface area (Å²) in [5, 5.41) is 0. The van der Waals surface area contributed by atoms with Gasteiger partial charge in [-0.2, -0.15) is 0 Å². The van der Waals surface area contributed by atoms with E-state index in [1.54, 1.807) is 0 Å². The van der Waals surface area contributed by atoms with Crippen LogP contribution >= 0.6 is 0 Å². The fourth-order valence-electron chi connectivity index (χ4n) is 2.61. The van der Waals surface area contributed by atoms with Gasteiger partial charge in [0.2, 0.25) is 10.5 Å². The Kier molecular flexibility index (Phi) is 6.85. The van der Waals surface area contributed by atoms with Crippen LogP contribution in [0.3, 0.4) is 0 Å². The number of hydrogen-bond acceptors (Lipinski definition) is 1. The molecule has 0 radical (unpaired) electrons. The molecule has 0 atom stereocenters. The summed E-state index contributed by atoms with van der Waals surface area (Å²) >= 11 is 3.82. The number of halogens is 4. The normalized spacial score (nSPS) is 11.3. The molecular formula is C20H17BF4OS. The topological polar surface area (TPSA) is 17.1 Å². The van der Waals surface area contributed by atoms with Crippen molar-refractivity contribution in [3.63, 3.8) is 0 Å². The molecule has 0 amide bonds. The quantitative estimate of drug-likeness (QED) is 0.261. The summed E-state index contributed by atoms with van der Waals surface area (Å²) in [5.74, 6) is 0.0298. The number of Topliss-reactive ketones (excluding diaryl/α,β-unsaturated/α-hetero) is 1. The van der Waals surface area contributed by atoms with E-state index in [4.69, 9.17) is 0 Å². The van der Waals surface area contributed by atoms with Crippen LogP contribution in [0.25, 0.3) is 0 Å². The molecule has 0 bridgehead atoms. The molecule has 1 nitrogen and oxygen atoms in total. The first kappa shape index (κ1) is 20.8.